The molecule has 1 aliphatic carbocycles. The molecule has 0 aromatic heterocycles. The van der Waals surface area contributed by atoms with E-state index < -0.39 is 17.2 Å². The van der Waals surface area contributed by atoms with Crippen LogP contribution in [0.25, 0.3) is 0 Å². The molecule has 1 saturated carbocycles. The first-order valence-corrected chi connectivity index (χ1v) is 6.12. The summed E-state index contributed by atoms with van der Waals surface area (Å²) in [6, 6.07) is 2.80. The van der Waals surface area contributed by atoms with Gasteiger partial charge in [0.2, 0.25) is 0 Å². The van der Waals surface area contributed by atoms with Crippen molar-refractivity contribution in [3.63, 3.8) is 0 Å². The van der Waals surface area contributed by atoms with Crippen molar-refractivity contribution in [2.24, 2.45) is 11.7 Å². The zero-order valence-corrected chi connectivity index (χ0v) is 10.6. The van der Waals surface area contributed by atoms with Gasteiger partial charge in [-0.3, -0.25) is 0 Å². The molecule has 0 radical (unpaired) electrons. The van der Waals surface area contributed by atoms with E-state index in [1.807, 2.05) is 20.8 Å². The lowest BCUT2D eigenvalue weighted by Crippen LogP contribution is -2.38. The molecule has 1 fully saturated rings. The van der Waals surface area contributed by atoms with Gasteiger partial charge in [0.1, 0.15) is 11.6 Å². The predicted molar refractivity (Wildman–Crippen MR) is 64.7 cm³/mol. The lowest BCUT2D eigenvalue weighted by atomic mass is 9.82. The summed E-state index contributed by atoms with van der Waals surface area (Å²) in [5.41, 5.74) is 6.20. The molecule has 1 aromatic carbocycles. The van der Waals surface area contributed by atoms with Gasteiger partial charge in [0, 0.05) is 11.1 Å². The molecule has 0 aliphatic heterocycles. The molecule has 0 bridgehead atoms. The molecule has 0 spiro atoms. The van der Waals surface area contributed by atoms with Gasteiger partial charge in [-0.2, -0.15) is 0 Å². The van der Waals surface area contributed by atoms with Crippen molar-refractivity contribution in [1.82, 2.24) is 0 Å². The van der Waals surface area contributed by atoms with Gasteiger partial charge in [-0.15, -0.1) is 0 Å². The third kappa shape index (κ3) is 2.21. The summed E-state index contributed by atoms with van der Waals surface area (Å²) in [6.45, 7) is 5.71. The molecule has 0 amide bonds. The minimum Gasteiger partial charge on any atom is -0.321 e. The van der Waals surface area contributed by atoms with Crippen LogP contribution in [0, 0.1) is 17.6 Å². The first-order valence-electron chi connectivity index (χ1n) is 6.12. The second-order valence-corrected chi connectivity index (χ2v) is 5.57. The smallest absolute Gasteiger partial charge is 0.129 e. The second kappa shape index (κ2) is 4.05. The van der Waals surface area contributed by atoms with Gasteiger partial charge in [0.05, 0.1) is 0 Å². The average Bonchev–Trinajstić information content (AvgIpc) is 3.00. The number of rotatable bonds is 3. The Hall–Kier alpha value is -0.960. The van der Waals surface area contributed by atoms with Crippen LogP contribution >= 0.6 is 0 Å². The Kier molecular flexibility index (Phi) is 2.98. The maximum Gasteiger partial charge on any atom is 0.129 e. The van der Waals surface area contributed by atoms with Gasteiger partial charge in [0.25, 0.3) is 0 Å². The topological polar surface area (TPSA) is 26.0 Å². The van der Waals surface area contributed by atoms with E-state index in [1.54, 1.807) is 0 Å². The van der Waals surface area contributed by atoms with Crippen molar-refractivity contribution in [2.45, 2.75) is 45.1 Å². The Bertz CT molecular complexity index is 411. The standard InChI is InChI=1S/C14H19F2N/c1-8(2)14(3,17)10-6-11(15)13(9-4-5-9)12(16)7-10/h6-9H,4-5,17H2,1-3H3. The van der Waals surface area contributed by atoms with E-state index in [9.17, 15) is 8.78 Å². The lowest BCUT2D eigenvalue weighted by Gasteiger charge is -2.30. The number of nitrogens with two attached hydrogens (primary N) is 1. The molecule has 0 saturated heterocycles. The lowest BCUT2D eigenvalue weighted by molar-refractivity contribution is 0.347. The van der Waals surface area contributed by atoms with Gasteiger partial charge in [-0.1, -0.05) is 13.8 Å². The van der Waals surface area contributed by atoms with E-state index in [2.05, 4.69) is 0 Å². The van der Waals surface area contributed by atoms with Crippen molar-refractivity contribution in [1.29, 1.82) is 0 Å². The largest absolute Gasteiger partial charge is 0.321 e. The zero-order valence-electron chi connectivity index (χ0n) is 10.6. The summed E-state index contributed by atoms with van der Waals surface area (Å²) in [6.07, 6.45) is 1.77. The van der Waals surface area contributed by atoms with Crippen LogP contribution in [-0.4, -0.2) is 0 Å². The molecule has 1 nitrogen and oxygen atoms in total. The van der Waals surface area contributed by atoms with Crippen molar-refractivity contribution in [2.75, 3.05) is 0 Å². The summed E-state index contributed by atoms with van der Waals surface area (Å²) >= 11 is 0. The van der Waals surface area contributed by atoms with E-state index in [-0.39, 0.29) is 17.4 Å². The fourth-order valence-electron chi connectivity index (χ4n) is 1.99. The highest BCUT2D eigenvalue weighted by Crippen LogP contribution is 2.43. The van der Waals surface area contributed by atoms with Crippen LogP contribution in [0.15, 0.2) is 12.1 Å². The molecule has 1 aliphatic rings. The number of benzene rings is 1. The minimum atomic E-state index is -0.705. The summed E-state index contributed by atoms with van der Waals surface area (Å²) in [7, 11) is 0. The monoisotopic (exact) mass is 239 g/mol. The Morgan fingerprint density at radius 2 is 1.71 bits per heavy atom. The van der Waals surface area contributed by atoms with E-state index in [4.69, 9.17) is 5.73 Å². The molecular weight excluding hydrogens is 220 g/mol. The molecule has 94 valence electrons. The van der Waals surface area contributed by atoms with Gasteiger partial charge in [-0.25, -0.2) is 8.78 Å². The molecule has 2 N–H and O–H groups in total. The molecule has 3 heteroatoms. The van der Waals surface area contributed by atoms with Crippen molar-refractivity contribution >= 4 is 0 Å². The maximum atomic E-state index is 13.9. The Labute approximate surface area is 101 Å². The number of hydrogen-bond donors (Lipinski definition) is 1. The molecule has 1 unspecified atom stereocenters. The highest BCUT2D eigenvalue weighted by atomic mass is 19.1. The van der Waals surface area contributed by atoms with Crippen LogP contribution in [0.4, 0.5) is 8.78 Å². The van der Waals surface area contributed by atoms with E-state index >= 15 is 0 Å². The summed E-state index contributed by atoms with van der Waals surface area (Å²) in [4.78, 5) is 0. The second-order valence-electron chi connectivity index (χ2n) is 5.57. The van der Waals surface area contributed by atoms with Crippen LogP contribution in [0.5, 0.6) is 0 Å². The SMILES string of the molecule is CC(C)C(C)(N)c1cc(F)c(C2CC2)c(F)c1. The fourth-order valence-corrected chi connectivity index (χ4v) is 1.99. The van der Waals surface area contributed by atoms with Gasteiger partial charge < -0.3 is 5.73 Å². The highest BCUT2D eigenvalue weighted by molar-refractivity contribution is 5.34. The Morgan fingerprint density at radius 1 is 1.24 bits per heavy atom. The predicted octanol–water partition coefficient (Wildman–Crippen LogP) is 3.67. The minimum absolute atomic E-state index is 0.0760. The number of hydrogen-bond acceptors (Lipinski definition) is 1. The third-order valence-corrected chi connectivity index (χ3v) is 3.89. The molecule has 0 heterocycles. The Morgan fingerprint density at radius 3 is 2.06 bits per heavy atom. The first-order chi connectivity index (χ1) is 7.84. The molecule has 1 aromatic rings. The summed E-state index contributed by atoms with van der Waals surface area (Å²) < 4.78 is 27.8. The molecule has 1 atom stereocenters. The zero-order chi connectivity index (χ0) is 12.8. The summed E-state index contributed by atoms with van der Waals surface area (Å²) in [5, 5.41) is 0. The first kappa shape index (κ1) is 12.5. The van der Waals surface area contributed by atoms with Gasteiger partial charge in [0.15, 0.2) is 0 Å². The van der Waals surface area contributed by atoms with Crippen molar-refractivity contribution in [3.8, 4) is 0 Å². The summed E-state index contributed by atoms with van der Waals surface area (Å²) in [5.74, 6) is -0.695. The normalized spacial score (nSPS) is 19.5. The van der Waals surface area contributed by atoms with E-state index in [1.165, 1.54) is 12.1 Å². The number of halogens is 2. The molecular formula is C14H19F2N. The van der Waals surface area contributed by atoms with Crippen LogP contribution in [-0.2, 0) is 5.54 Å². The van der Waals surface area contributed by atoms with E-state index in [0.717, 1.165) is 12.8 Å². The Balaban J connectivity index is 2.45. The van der Waals surface area contributed by atoms with Gasteiger partial charge in [-0.05, 0) is 49.3 Å². The van der Waals surface area contributed by atoms with E-state index in [0.29, 0.717) is 5.56 Å². The maximum absolute atomic E-state index is 13.9. The van der Waals surface area contributed by atoms with Crippen LogP contribution in [0.3, 0.4) is 0 Å². The quantitative estimate of drug-likeness (QED) is 0.855. The van der Waals surface area contributed by atoms with Crippen LogP contribution in [0.2, 0.25) is 0 Å². The van der Waals surface area contributed by atoms with Crippen LogP contribution in [0.1, 0.15) is 50.7 Å². The van der Waals surface area contributed by atoms with Crippen molar-refractivity contribution < 1.29 is 8.78 Å². The third-order valence-electron chi connectivity index (χ3n) is 3.89. The highest BCUT2D eigenvalue weighted by Gasteiger charge is 2.33. The van der Waals surface area contributed by atoms with Gasteiger partial charge >= 0.3 is 0 Å². The van der Waals surface area contributed by atoms with Crippen molar-refractivity contribution in [3.05, 3.63) is 34.9 Å². The molecule has 17 heavy (non-hydrogen) atoms. The average molecular weight is 239 g/mol. The fraction of sp³-hybridized carbons (Fsp3) is 0.571. The van der Waals surface area contributed by atoms with Crippen LogP contribution < -0.4 is 5.73 Å². The molecule has 2 rings (SSSR count).